The van der Waals surface area contributed by atoms with Gasteiger partial charge in [-0.1, -0.05) is 65.9 Å². The molecule has 0 bridgehead atoms. The summed E-state index contributed by atoms with van der Waals surface area (Å²) in [4.78, 5) is 16.4. The van der Waals surface area contributed by atoms with Gasteiger partial charge in [0.15, 0.2) is 23.2 Å². The van der Waals surface area contributed by atoms with Gasteiger partial charge in [0.25, 0.3) is 5.95 Å². The second-order valence-electron chi connectivity index (χ2n) is 9.92. The molecule has 0 aliphatic carbocycles. The number of anilines is 1. The lowest BCUT2D eigenvalue weighted by molar-refractivity contribution is -0.0511. The van der Waals surface area contributed by atoms with Crippen LogP contribution in [0.1, 0.15) is 18.7 Å². The molecule has 1 unspecified atom stereocenters. The largest absolute Gasteiger partial charge is 0.394 e. The van der Waals surface area contributed by atoms with Crippen molar-refractivity contribution < 1.29 is 24.8 Å². The van der Waals surface area contributed by atoms with E-state index in [-0.39, 0.29) is 5.95 Å². The van der Waals surface area contributed by atoms with Crippen LogP contribution in [0.2, 0.25) is 0 Å². The Morgan fingerprint density at radius 2 is 1.76 bits per heavy atom. The number of benzene rings is 2. The third-order valence-corrected chi connectivity index (χ3v) is 7.18. The fourth-order valence-electron chi connectivity index (χ4n) is 4.99. The van der Waals surface area contributed by atoms with Crippen molar-refractivity contribution in [3.63, 3.8) is 0 Å². The van der Waals surface area contributed by atoms with Crippen LogP contribution in [-0.2, 0) is 16.0 Å². The Hall–Kier alpha value is -4.27. The lowest BCUT2D eigenvalue weighted by atomic mass is 10.1. The minimum Gasteiger partial charge on any atom is -0.394 e. The van der Waals surface area contributed by atoms with Gasteiger partial charge in [-0.05, 0) is 12.5 Å². The molecule has 1 saturated heterocycles. The molecule has 13 nitrogen and oxygen atoms in total. The molecule has 0 saturated carbocycles. The summed E-state index contributed by atoms with van der Waals surface area (Å²) < 4.78 is 14.5. The van der Waals surface area contributed by atoms with Crippen molar-refractivity contribution in [3.8, 4) is 17.2 Å². The highest BCUT2D eigenvalue weighted by molar-refractivity contribution is 5.84. The molecule has 1 fully saturated rings. The van der Waals surface area contributed by atoms with Gasteiger partial charge < -0.3 is 29.7 Å². The summed E-state index contributed by atoms with van der Waals surface area (Å²) in [5, 5.41) is 39.5. The summed E-state index contributed by atoms with van der Waals surface area (Å²) in [5.41, 5.74) is 3.43. The van der Waals surface area contributed by atoms with Crippen molar-refractivity contribution in [1.29, 1.82) is 0 Å². The molecule has 3 N–H and O–H groups in total. The lowest BCUT2D eigenvalue weighted by Crippen LogP contribution is -2.33. The van der Waals surface area contributed by atoms with E-state index in [4.69, 9.17) is 19.4 Å². The number of hydrogen-bond acceptors (Lipinski definition) is 11. The molecule has 0 amide bonds. The SMILES string of the molecule is CCOCCN(Cc1ccccc1)c1nc(-n2cc(-c3ccccc3)nn2)nc2c1ncn2[C@@H]1O[C@H](CO)C(O)[C@@H]1O. The van der Waals surface area contributed by atoms with Crippen LogP contribution in [0, 0.1) is 0 Å². The molecular formula is C29H32N8O5. The molecule has 3 aromatic heterocycles. The highest BCUT2D eigenvalue weighted by atomic mass is 16.6. The van der Waals surface area contributed by atoms with E-state index in [1.54, 1.807) is 10.8 Å². The molecule has 42 heavy (non-hydrogen) atoms. The summed E-state index contributed by atoms with van der Waals surface area (Å²) in [7, 11) is 0. The van der Waals surface area contributed by atoms with Crippen LogP contribution in [0.3, 0.4) is 0 Å². The molecule has 1 aliphatic heterocycles. The van der Waals surface area contributed by atoms with Crippen LogP contribution < -0.4 is 4.90 Å². The molecule has 5 aromatic rings. The number of rotatable bonds is 11. The van der Waals surface area contributed by atoms with Gasteiger partial charge in [0.1, 0.15) is 24.0 Å². The van der Waals surface area contributed by atoms with Gasteiger partial charge in [-0.15, -0.1) is 5.10 Å². The summed E-state index contributed by atoms with van der Waals surface area (Å²) in [6.07, 6.45) is -1.33. The Balaban J connectivity index is 1.48. The predicted octanol–water partition coefficient (Wildman–Crippen LogP) is 1.73. The number of ether oxygens (including phenoxy) is 2. The monoisotopic (exact) mass is 572 g/mol. The zero-order valence-corrected chi connectivity index (χ0v) is 23.0. The average molecular weight is 573 g/mol. The van der Waals surface area contributed by atoms with Gasteiger partial charge in [-0.25, -0.2) is 4.98 Å². The highest BCUT2D eigenvalue weighted by Gasteiger charge is 2.44. The van der Waals surface area contributed by atoms with E-state index < -0.39 is 31.1 Å². The van der Waals surface area contributed by atoms with Crippen LogP contribution in [0.5, 0.6) is 0 Å². The maximum absolute atomic E-state index is 10.8. The van der Waals surface area contributed by atoms with Gasteiger partial charge >= 0.3 is 0 Å². The van der Waals surface area contributed by atoms with Crippen LogP contribution in [0.15, 0.2) is 73.2 Å². The average Bonchev–Trinajstić information content (AvgIpc) is 3.75. The molecule has 4 atom stereocenters. The van der Waals surface area contributed by atoms with Crippen molar-refractivity contribution in [2.45, 2.75) is 38.0 Å². The van der Waals surface area contributed by atoms with E-state index in [0.717, 1.165) is 11.1 Å². The number of nitrogens with zero attached hydrogens (tertiary/aromatic N) is 8. The first-order chi connectivity index (χ1) is 20.6. The van der Waals surface area contributed by atoms with Crippen molar-refractivity contribution >= 4 is 17.0 Å². The number of hydrogen-bond donors (Lipinski definition) is 3. The quantitative estimate of drug-likeness (QED) is 0.198. The Kier molecular flexibility index (Phi) is 8.17. The standard InChI is InChI=1S/C29H32N8O5/c1-2-41-14-13-35(15-19-9-5-3-6-10-19)26-23-27(36(18-30-23)28-25(40)24(39)22(17-38)42-28)32-29(31-26)37-16-21(33-34-37)20-11-7-4-8-12-20/h3-12,16,18,22,24-25,28,38-40H,2,13-15,17H2,1H3/t22-,24?,25+,28-/m1/s1. The van der Waals surface area contributed by atoms with Crippen molar-refractivity contribution in [2.24, 2.45) is 0 Å². The molecule has 2 aromatic carbocycles. The summed E-state index contributed by atoms with van der Waals surface area (Å²) in [5.74, 6) is 0.760. The summed E-state index contributed by atoms with van der Waals surface area (Å²) in [6, 6.07) is 19.7. The molecular weight excluding hydrogens is 540 g/mol. The van der Waals surface area contributed by atoms with E-state index in [1.165, 1.54) is 11.0 Å². The molecule has 218 valence electrons. The number of imidazole rings is 1. The highest BCUT2D eigenvalue weighted by Crippen LogP contribution is 2.34. The fraction of sp³-hybridized carbons (Fsp3) is 0.345. The lowest BCUT2D eigenvalue weighted by Gasteiger charge is -2.24. The van der Waals surface area contributed by atoms with Gasteiger partial charge in [0, 0.05) is 25.3 Å². The van der Waals surface area contributed by atoms with Gasteiger partial charge in [0.05, 0.1) is 25.7 Å². The minimum atomic E-state index is -1.31. The van der Waals surface area contributed by atoms with E-state index in [9.17, 15) is 15.3 Å². The Morgan fingerprint density at radius 3 is 2.48 bits per heavy atom. The number of aliphatic hydroxyl groups is 3. The topological polar surface area (TPSA) is 157 Å². The first kappa shape index (κ1) is 27.9. The first-order valence-corrected chi connectivity index (χ1v) is 13.8. The molecule has 0 radical (unpaired) electrons. The summed E-state index contributed by atoms with van der Waals surface area (Å²) in [6.45, 7) is 3.57. The first-order valence-electron chi connectivity index (χ1n) is 13.8. The van der Waals surface area contributed by atoms with E-state index in [1.807, 2.05) is 67.6 Å². The van der Waals surface area contributed by atoms with Crippen LogP contribution in [0.25, 0.3) is 28.4 Å². The Morgan fingerprint density at radius 1 is 1.00 bits per heavy atom. The van der Waals surface area contributed by atoms with Crippen LogP contribution >= 0.6 is 0 Å². The van der Waals surface area contributed by atoms with Crippen molar-refractivity contribution in [2.75, 3.05) is 31.3 Å². The van der Waals surface area contributed by atoms with E-state index in [2.05, 4.69) is 20.2 Å². The third kappa shape index (κ3) is 5.47. The van der Waals surface area contributed by atoms with Gasteiger partial charge in [-0.2, -0.15) is 14.6 Å². The third-order valence-electron chi connectivity index (χ3n) is 7.18. The van der Waals surface area contributed by atoms with Crippen molar-refractivity contribution in [1.82, 2.24) is 34.5 Å². The Labute approximate surface area is 241 Å². The molecule has 6 rings (SSSR count). The maximum atomic E-state index is 10.8. The number of fused-ring (bicyclic) bond motifs is 1. The second-order valence-corrected chi connectivity index (χ2v) is 9.92. The Bertz CT molecular complexity index is 1610. The zero-order valence-electron chi connectivity index (χ0n) is 23.0. The molecule has 13 heteroatoms. The van der Waals surface area contributed by atoms with Crippen molar-refractivity contribution in [3.05, 3.63) is 78.8 Å². The van der Waals surface area contributed by atoms with Gasteiger partial charge in [0.2, 0.25) is 0 Å². The fourth-order valence-corrected chi connectivity index (χ4v) is 4.99. The van der Waals surface area contributed by atoms with E-state index >= 15 is 0 Å². The van der Waals surface area contributed by atoms with Crippen LogP contribution in [-0.4, -0.2) is 94.5 Å². The van der Waals surface area contributed by atoms with Gasteiger partial charge in [-0.3, -0.25) is 4.57 Å². The molecule has 1 aliphatic rings. The molecule has 4 heterocycles. The van der Waals surface area contributed by atoms with Crippen LogP contribution in [0.4, 0.5) is 5.82 Å². The smallest absolute Gasteiger partial charge is 0.256 e. The normalized spacial score (nSPS) is 20.4. The van der Waals surface area contributed by atoms with E-state index in [0.29, 0.717) is 49.0 Å². The summed E-state index contributed by atoms with van der Waals surface area (Å²) >= 11 is 0. The predicted molar refractivity (Wildman–Crippen MR) is 153 cm³/mol. The zero-order chi connectivity index (χ0) is 29.1. The minimum absolute atomic E-state index is 0.232. The maximum Gasteiger partial charge on any atom is 0.256 e. The molecule has 0 spiro atoms. The number of aromatic nitrogens is 7. The second kappa shape index (κ2) is 12.3. The number of aliphatic hydroxyl groups excluding tert-OH is 3.